The summed E-state index contributed by atoms with van der Waals surface area (Å²) in [5.74, 6) is 3.39. The zero-order chi connectivity index (χ0) is 31.5. The number of aromatic hydroxyl groups is 2. The van der Waals surface area contributed by atoms with Crippen molar-refractivity contribution in [3.63, 3.8) is 0 Å². The minimum Gasteiger partial charge on any atom is -0.504 e. The van der Waals surface area contributed by atoms with E-state index in [9.17, 15) is 10.2 Å². The van der Waals surface area contributed by atoms with E-state index in [1.165, 1.54) is 5.56 Å². The molecule has 8 nitrogen and oxygen atoms in total. The van der Waals surface area contributed by atoms with Gasteiger partial charge in [0.1, 0.15) is 23.3 Å². The van der Waals surface area contributed by atoms with Crippen molar-refractivity contribution in [2.24, 2.45) is 0 Å². The van der Waals surface area contributed by atoms with Crippen LogP contribution in [0.1, 0.15) is 45.5 Å². The molecule has 8 rings (SSSR count). The van der Waals surface area contributed by atoms with Crippen LogP contribution in [-0.4, -0.2) is 68.0 Å². The fraction of sp³-hybridized carbons (Fsp3) is 0.351. The Labute approximate surface area is 264 Å². The van der Waals surface area contributed by atoms with E-state index in [1.54, 1.807) is 20.3 Å². The third-order valence-electron chi connectivity index (χ3n) is 9.98. The number of likely N-dealkylation sites (N-methyl/N-ethyl adjacent to an activating group) is 2. The highest BCUT2D eigenvalue weighted by Gasteiger charge is 2.41. The zero-order valence-electron chi connectivity index (χ0n) is 26.6. The summed E-state index contributed by atoms with van der Waals surface area (Å²) in [5.41, 5.74) is 6.53. The van der Waals surface area contributed by atoms with Gasteiger partial charge in [0.2, 0.25) is 5.75 Å². The largest absolute Gasteiger partial charge is 0.504 e. The van der Waals surface area contributed by atoms with Gasteiger partial charge in [0.15, 0.2) is 23.0 Å². The zero-order valence-corrected chi connectivity index (χ0v) is 26.6. The normalized spacial score (nSPS) is 20.2. The van der Waals surface area contributed by atoms with Crippen LogP contribution in [0.3, 0.4) is 0 Å². The maximum absolute atomic E-state index is 11.5. The second kappa shape index (κ2) is 11.2. The van der Waals surface area contributed by atoms with E-state index in [1.807, 2.05) is 36.4 Å². The number of fused-ring (bicyclic) bond motifs is 2. The van der Waals surface area contributed by atoms with Crippen LogP contribution < -0.4 is 18.9 Å². The highest BCUT2D eigenvalue weighted by Crippen LogP contribution is 2.51. The Morgan fingerprint density at radius 3 is 2.31 bits per heavy atom. The molecule has 2 N–H and O–H groups in total. The monoisotopic (exact) mass is 609 g/mol. The van der Waals surface area contributed by atoms with Gasteiger partial charge in [0, 0.05) is 37.1 Å². The lowest BCUT2D eigenvalue weighted by atomic mass is 9.86. The lowest BCUT2D eigenvalue weighted by Gasteiger charge is -2.43. The molecule has 4 aliphatic heterocycles. The third kappa shape index (κ3) is 5.22. The SMILES string of the molecule is COc1cc2c3c(c1)Oc1cc(ccc1O)CC1c4c(cc(OC)c(O)c4Oc4ccc(cc4)CC3N(C)CC2)CC[N+]1(C)C. The summed E-state index contributed by atoms with van der Waals surface area (Å²) in [4.78, 5) is 2.36. The molecule has 4 heterocycles. The summed E-state index contributed by atoms with van der Waals surface area (Å²) in [5, 5.41) is 22.5. The molecule has 234 valence electrons. The van der Waals surface area contributed by atoms with E-state index in [-0.39, 0.29) is 23.6 Å². The van der Waals surface area contributed by atoms with Gasteiger partial charge in [-0.15, -0.1) is 0 Å². The Balaban J connectivity index is 1.44. The van der Waals surface area contributed by atoms with Gasteiger partial charge in [-0.05, 0) is 78.5 Å². The number of hydrogen-bond acceptors (Lipinski definition) is 7. The van der Waals surface area contributed by atoms with Crippen LogP contribution >= 0.6 is 0 Å². The van der Waals surface area contributed by atoms with Gasteiger partial charge in [-0.2, -0.15) is 0 Å². The van der Waals surface area contributed by atoms with Crippen LogP contribution in [0.2, 0.25) is 0 Å². The van der Waals surface area contributed by atoms with Gasteiger partial charge < -0.3 is 33.6 Å². The molecule has 0 spiro atoms. The summed E-state index contributed by atoms with van der Waals surface area (Å²) in [7, 11) is 9.82. The van der Waals surface area contributed by atoms with Crippen LogP contribution in [0.5, 0.6) is 46.0 Å². The fourth-order valence-corrected chi connectivity index (χ4v) is 7.30. The molecule has 0 saturated heterocycles. The van der Waals surface area contributed by atoms with E-state index in [2.05, 4.69) is 44.2 Å². The highest BCUT2D eigenvalue weighted by molar-refractivity contribution is 5.61. The van der Waals surface area contributed by atoms with Gasteiger partial charge >= 0.3 is 0 Å². The Morgan fingerprint density at radius 1 is 0.800 bits per heavy atom. The van der Waals surface area contributed by atoms with Crippen molar-refractivity contribution in [2.45, 2.75) is 37.8 Å². The number of phenolic OH excluding ortho intramolecular Hbond substituents is 2. The molecule has 0 radical (unpaired) electrons. The lowest BCUT2D eigenvalue weighted by molar-refractivity contribution is -0.923. The molecular formula is C37H41N2O6+. The van der Waals surface area contributed by atoms with Crippen LogP contribution in [0, 0.1) is 0 Å². The molecule has 4 aromatic carbocycles. The van der Waals surface area contributed by atoms with Crippen molar-refractivity contribution in [1.29, 1.82) is 0 Å². The van der Waals surface area contributed by atoms with Crippen LogP contribution in [-0.2, 0) is 25.7 Å². The lowest BCUT2D eigenvalue weighted by Crippen LogP contribution is -2.48. The van der Waals surface area contributed by atoms with Gasteiger partial charge in [0.05, 0.1) is 40.4 Å². The fourth-order valence-electron chi connectivity index (χ4n) is 7.30. The van der Waals surface area contributed by atoms with Crippen LogP contribution in [0.15, 0.2) is 60.7 Å². The first-order valence-electron chi connectivity index (χ1n) is 15.6. The molecule has 4 aliphatic rings. The molecule has 0 aromatic heterocycles. The van der Waals surface area contributed by atoms with E-state index >= 15 is 0 Å². The predicted molar refractivity (Wildman–Crippen MR) is 172 cm³/mol. The summed E-state index contributed by atoms with van der Waals surface area (Å²) in [6.45, 7) is 1.81. The van der Waals surface area contributed by atoms with Crippen molar-refractivity contribution in [2.75, 3.05) is 48.5 Å². The van der Waals surface area contributed by atoms with Gasteiger partial charge in [0.25, 0.3) is 0 Å². The van der Waals surface area contributed by atoms with Crippen LogP contribution in [0.4, 0.5) is 0 Å². The Bertz CT molecular complexity index is 1770. The molecular weight excluding hydrogens is 568 g/mol. The standard InChI is InChI=1S/C37H40N2O6/c1-38-14-12-24-19-27(42-4)21-32-34(24)28(38)16-22-6-9-26(10-7-22)44-37-35-25(20-33(43-5)36(37)41)13-15-39(2,3)29(35)17-23-8-11-30(40)31(18-23)45-32/h6-11,18-21,28-29H,12-17H2,1-5H3,(H-,40,41)/p+1. The number of methoxy groups -OCH3 is 2. The molecule has 0 saturated carbocycles. The van der Waals surface area contributed by atoms with Crippen molar-refractivity contribution in [3.8, 4) is 46.0 Å². The first-order valence-corrected chi connectivity index (χ1v) is 15.6. The second-order valence-corrected chi connectivity index (χ2v) is 13.1. The van der Waals surface area contributed by atoms with Gasteiger partial charge in [-0.1, -0.05) is 18.2 Å². The summed E-state index contributed by atoms with van der Waals surface area (Å²) >= 11 is 0. The predicted octanol–water partition coefficient (Wildman–Crippen LogP) is 6.70. The topological polar surface area (TPSA) is 80.6 Å². The number of quaternary nitrogens is 1. The average Bonchev–Trinajstić information content (AvgIpc) is 3.03. The molecule has 8 heteroatoms. The molecule has 4 aromatic rings. The van der Waals surface area contributed by atoms with Gasteiger partial charge in [-0.25, -0.2) is 0 Å². The molecule has 45 heavy (non-hydrogen) atoms. The summed E-state index contributed by atoms with van der Waals surface area (Å²) in [6, 6.07) is 19.7. The quantitative estimate of drug-likeness (QED) is 0.245. The van der Waals surface area contributed by atoms with Crippen molar-refractivity contribution >= 4 is 0 Å². The molecule has 4 bridgehead atoms. The molecule has 0 amide bonds. The molecule has 0 fully saturated rings. The van der Waals surface area contributed by atoms with E-state index in [0.717, 1.165) is 65.9 Å². The summed E-state index contributed by atoms with van der Waals surface area (Å²) < 4.78 is 25.2. The van der Waals surface area contributed by atoms with Crippen LogP contribution in [0.25, 0.3) is 0 Å². The van der Waals surface area contributed by atoms with Crippen molar-refractivity contribution in [1.82, 2.24) is 4.90 Å². The summed E-state index contributed by atoms with van der Waals surface area (Å²) in [6.07, 6.45) is 3.09. The smallest absolute Gasteiger partial charge is 0.201 e. The minimum atomic E-state index is -0.0458. The van der Waals surface area contributed by atoms with Gasteiger partial charge in [-0.3, -0.25) is 4.90 Å². The van der Waals surface area contributed by atoms with E-state index < -0.39 is 0 Å². The average molecular weight is 610 g/mol. The molecule has 0 aliphatic carbocycles. The number of benzene rings is 4. The Kier molecular flexibility index (Phi) is 7.29. The number of rotatable bonds is 2. The minimum absolute atomic E-state index is 0.000582. The number of ether oxygens (including phenoxy) is 4. The maximum Gasteiger partial charge on any atom is 0.201 e. The molecule has 2 unspecified atom stereocenters. The maximum atomic E-state index is 11.5. The Morgan fingerprint density at radius 2 is 1.56 bits per heavy atom. The highest BCUT2D eigenvalue weighted by atomic mass is 16.5. The number of phenols is 2. The molecule has 2 atom stereocenters. The van der Waals surface area contributed by atoms with E-state index in [4.69, 9.17) is 18.9 Å². The van der Waals surface area contributed by atoms with E-state index in [0.29, 0.717) is 39.7 Å². The third-order valence-corrected chi connectivity index (χ3v) is 9.98. The van der Waals surface area contributed by atoms with Crippen molar-refractivity contribution < 1.29 is 33.6 Å². The number of nitrogens with zero attached hydrogens (tertiary/aromatic N) is 2. The first kappa shape index (κ1) is 29.3. The second-order valence-electron chi connectivity index (χ2n) is 13.1. The first-order chi connectivity index (χ1) is 21.6. The Hall–Kier alpha value is -4.40. The number of hydrogen-bond donors (Lipinski definition) is 2. The van der Waals surface area contributed by atoms with Crippen molar-refractivity contribution in [3.05, 3.63) is 94.0 Å².